The molecule has 0 spiro atoms. The molecule has 0 atom stereocenters. The van der Waals surface area contributed by atoms with Gasteiger partial charge in [0.1, 0.15) is 15.3 Å². The predicted molar refractivity (Wildman–Crippen MR) is 54.3 cm³/mol. The second-order valence-electron chi connectivity index (χ2n) is 2.49. The van der Waals surface area contributed by atoms with E-state index in [2.05, 4.69) is 20.9 Å². The largest absolute Gasteiger partial charge is 0.384 e. The zero-order valence-corrected chi connectivity index (χ0v) is 10.1. The fourth-order valence-electron chi connectivity index (χ4n) is 0.944. The second kappa shape index (κ2) is 4.18. The van der Waals surface area contributed by atoms with Crippen LogP contribution in [0.2, 0.25) is 0 Å². The highest BCUT2D eigenvalue weighted by Crippen LogP contribution is 2.34. The minimum absolute atomic E-state index is 0.221. The van der Waals surface area contributed by atoms with Gasteiger partial charge in [0.2, 0.25) is 0 Å². The summed E-state index contributed by atoms with van der Waals surface area (Å²) in [7, 11) is 0.695. The highest BCUT2D eigenvalue weighted by molar-refractivity contribution is 9.10. The highest BCUT2D eigenvalue weighted by atomic mass is 79.9. The van der Waals surface area contributed by atoms with E-state index < -0.39 is 25.9 Å². The van der Waals surface area contributed by atoms with Gasteiger partial charge in [0.15, 0.2) is 0 Å². The van der Waals surface area contributed by atoms with E-state index in [1.807, 2.05) is 0 Å². The second-order valence-corrected chi connectivity index (χ2v) is 5.75. The first-order valence-electron chi connectivity index (χ1n) is 3.42. The average Bonchev–Trinajstić information content (AvgIpc) is 1.99. The molecule has 1 aromatic heterocycles. The lowest BCUT2D eigenvalue weighted by molar-refractivity contribution is 0.147. The van der Waals surface area contributed by atoms with Crippen LogP contribution in [0.4, 0.5) is 14.6 Å². The Morgan fingerprint density at radius 3 is 2.47 bits per heavy atom. The number of pyridine rings is 1. The van der Waals surface area contributed by atoms with Gasteiger partial charge in [-0.15, -0.1) is 0 Å². The minimum atomic E-state index is -4.30. The Hall–Kier alpha value is -0.470. The van der Waals surface area contributed by atoms with Gasteiger partial charge in [-0.3, -0.25) is 0 Å². The fraction of sp³-hybridized carbons (Fsp3) is 0.167. The number of nitrogens with two attached hydrogens (primary N) is 1. The summed E-state index contributed by atoms with van der Waals surface area (Å²) in [5.74, 6) is -0.221. The molecule has 0 bridgehead atoms. The molecule has 0 aliphatic heterocycles. The number of rotatable bonds is 2. The van der Waals surface area contributed by atoms with Gasteiger partial charge in [0.05, 0.1) is 0 Å². The summed E-state index contributed by atoms with van der Waals surface area (Å²) in [5.41, 5.74) is 4.42. The molecule has 1 rings (SSSR count). The number of anilines is 1. The standard InChI is InChI=1S/C6H4BrClF2N2O2S/c7-5-4(15(8,13)14)2(6(9)10)1-3(11)12-5/h1,6H,(H2,11,12). The van der Waals surface area contributed by atoms with Crippen LogP contribution >= 0.6 is 26.6 Å². The van der Waals surface area contributed by atoms with Gasteiger partial charge in [-0.2, -0.15) is 0 Å². The Morgan fingerprint density at radius 1 is 1.53 bits per heavy atom. The van der Waals surface area contributed by atoms with Crippen molar-refractivity contribution in [3.05, 3.63) is 16.2 Å². The first-order chi connectivity index (χ1) is 6.73. The SMILES string of the molecule is Nc1cc(C(F)F)c(S(=O)(=O)Cl)c(Br)n1. The molecule has 0 unspecified atom stereocenters. The summed E-state index contributed by atoms with van der Waals surface area (Å²) in [6, 6.07) is 0.769. The average molecular weight is 322 g/mol. The Kier molecular flexibility index (Phi) is 3.51. The van der Waals surface area contributed by atoms with Crippen LogP contribution in [0.3, 0.4) is 0 Å². The van der Waals surface area contributed by atoms with E-state index in [1.54, 1.807) is 0 Å². The van der Waals surface area contributed by atoms with Crippen molar-refractivity contribution in [3.63, 3.8) is 0 Å². The molecule has 0 radical (unpaired) electrons. The molecule has 4 nitrogen and oxygen atoms in total. The quantitative estimate of drug-likeness (QED) is 0.670. The van der Waals surface area contributed by atoms with Crippen LogP contribution in [-0.4, -0.2) is 13.4 Å². The van der Waals surface area contributed by atoms with Gasteiger partial charge in [0, 0.05) is 16.2 Å². The van der Waals surface area contributed by atoms with E-state index in [1.165, 1.54) is 0 Å². The van der Waals surface area contributed by atoms with Crippen molar-refractivity contribution in [1.29, 1.82) is 0 Å². The number of alkyl halides is 2. The van der Waals surface area contributed by atoms with E-state index >= 15 is 0 Å². The van der Waals surface area contributed by atoms with Crippen molar-refractivity contribution in [2.75, 3.05) is 5.73 Å². The maximum atomic E-state index is 12.5. The molecule has 0 aliphatic carbocycles. The van der Waals surface area contributed by atoms with E-state index in [9.17, 15) is 17.2 Å². The monoisotopic (exact) mass is 320 g/mol. The van der Waals surface area contributed by atoms with E-state index in [0.29, 0.717) is 0 Å². The number of aromatic nitrogens is 1. The van der Waals surface area contributed by atoms with Gasteiger partial charge in [-0.1, -0.05) is 0 Å². The van der Waals surface area contributed by atoms with Crippen LogP contribution in [0.15, 0.2) is 15.6 Å². The molecule has 15 heavy (non-hydrogen) atoms. The Morgan fingerprint density at radius 2 is 2.07 bits per heavy atom. The first-order valence-corrected chi connectivity index (χ1v) is 6.52. The van der Waals surface area contributed by atoms with Crippen LogP contribution in [0, 0.1) is 0 Å². The molecule has 0 fully saturated rings. The summed E-state index contributed by atoms with van der Waals surface area (Å²) in [4.78, 5) is 2.72. The number of nitrogens with zero attached hydrogens (tertiary/aromatic N) is 1. The van der Waals surface area contributed by atoms with E-state index in [0.717, 1.165) is 6.07 Å². The molecule has 9 heteroatoms. The zero-order valence-electron chi connectivity index (χ0n) is 6.92. The first kappa shape index (κ1) is 12.6. The number of hydrogen-bond acceptors (Lipinski definition) is 4. The summed E-state index contributed by atoms with van der Waals surface area (Å²) < 4.78 is 46.7. The third-order valence-corrected chi connectivity index (χ3v) is 3.67. The smallest absolute Gasteiger partial charge is 0.265 e. The normalized spacial score (nSPS) is 12.1. The van der Waals surface area contributed by atoms with Crippen LogP contribution in [-0.2, 0) is 9.05 Å². The Bertz CT molecular complexity index is 494. The molecule has 0 saturated carbocycles. The molecule has 0 amide bonds. The van der Waals surface area contributed by atoms with Crippen molar-refractivity contribution in [2.45, 2.75) is 11.3 Å². The fourth-order valence-corrected chi connectivity index (χ4v) is 3.46. The third-order valence-electron chi connectivity index (χ3n) is 1.46. The Balaban J connectivity index is 3.62. The summed E-state index contributed by atoms with van der Waals surface area (Å²) in [6.07, 6.45) is -3.00. The van der Waals surface area contributed by atoms with Crippen molar-refractivity contribution in [1.82, 2.24) is 4.98 Å². The molecule has 0 saturated heterocycles. The summed E-state index contributed by atoms with van der Waals surface area (Å²) in [6.45, 7) is 0. The number of nitrogen functional groups attached to an aromatic ring is 1. The Labute approximate surface area is 97.0 Å². The van der Waals surface area contributed by atoms with Gasteiger partial charge < -0.3 is 5.73 Å². The van der Waals surface area contributed by atoms with Crippen LogP contribution in [0.1, 0.15) is 12.0 Å². The predicted octanol–water partition coefficient (Wildman–Crippen LogP) is 2.29. The van der Waals surface area contributed by atoms with Gasteiger partial charge in [-0.05, 0) is 22.0 Å². The maximum Gasteiger partial charge on any atom is 0.265 e. The zero-order chi connectivity index (χ0) is 11.8. The van der Waals surface area contributed by atoms with Crippen molar-refractivity contribution in [3.8, 4) is 0 Å². The minimum Gasteiger partial charge on any atom is -0.384 e. The number of halogens is 4. The van der Waals surface area contributed by atoms with Gasteiger partial charge >= 0.3 is 0 Å². The van der Waals surface area contributed by atoms with Crippen LogP contribution < -0.4 is 5.73 Å². The number of hydrogen-bond donors (Lipinski definition) is 1. The molecule has 1 aromatic rings. The summed E-state index contributed by atoms with van der Waals surface area (Å²) >= 11 is 2.71. The van der Waals surface area contributed by atoms with Gasteiger partial charge in [0.25, 0.3) is 15.5 Å². The summed E-state index contributed by atoms with van der Waals surface area (Å²) in [5, 5.41) is 0. The van der Waals surface area contributed by atoms with Crippen molar-refractivity contribution in [2.24, 2.45) is 0 Å². The molecule has 84 valence electrons. The molecule has 1 heterocycles. The lowest BCUT2D eigenvalue weighted by Gasteiger charge is -2.08. The lowest BCUT2D eigenvalue weighted by atomic mass is 10.3. The van der Waals surface area contributed by atoms with Crippen LogP contribution in [0.25, 0.3) is 0 Å². The molecule has 2 N–H and O–H groups in total. The topological polar surface area (TPSA) is 73.1 Å². The van der Waals surface area contributed by atoms with E-state index in [-0.39, 0.29) is 10.4 Å². The molecular formula is C6H4BrClF2N2O2S. The van der Waals surface area contributed by atoms with Gasteiger partial charge in [-0.25, -0.2) is 22.2 Å². The molecular weight excluding hydrogens is 317 g/mol. The third kappa shape index (κ3) is 2.76. The molecule has 0 aliphatic rings. The highest BCUT2D eigenvalue weighted by Gasteiger charge is 2.26. The van der Waals surface area contributed by atoms with Crippen molar-refractivity contribution >= 4 is 41.5 Å². The van der Waals surface area contributed by atoms with E-state index in [4.69, 9.17) is 16.4 Å². The maximum absolute atomic E-state index is 12.5. The molecule has 0 aromatic carbocycles. The van der Waals surface area contributed by atoms with Crippen LogP contribution in [0.5, 0.6) is 0 Å². The van der Waals surface area contributed by atoms with Crippen molar-refractivity contribution < 1.29 is 17.2 Å². The lowest BCUT2D eigenvalue weighted by Crippen LogP contribution is -2.04.